The number of carbonyl (C=O) groups is 1. The highest BCUT2D eigenvalue weighted by Crippen LogP contribution is 2.41. The van der Waals surface area contributed by atoms with Gasteiger partial charge in [-0.3, -0.25) is 0 Å². The number of fused-ring (bicyclic) bond motifs is 1. The molecule has 3 rings (SSSR count). The van der Waals surface area contributed by atoms with Crippen molar-refractivity contribution in [3.63, 3.8) is 0 Å². The predicted molar refractivity (Wildman–Crippen MR) is 101 cm³/mol. The van der Waals surface area contributed by atoms with Crippen LogP contribution < -0.4 is 4.74 Å². The number of ether oxygens (including phenoxy) is 2. The van der Waals surface area contributed by atoms with Crippen molar-refractivity contribution in [3.05, 3.63) is 70.8 Å². The maximum absolute atomic E-state index is 12.1. The van der Waals surface area contributed by atoms with Gasteiger partial charge in [0.25, 0.3) is 0 Å². The van der Waals surface area contributed by atoms with E-state index in [2.05, 4.69) is 26.8 Å². The van der Waals surface area contributed by atoms with Crippen LogP contribution in [0.4, 0.5) is 0 Å². The van der Waals surface area contributed by atoms with Crippen LogP contribution in [0.5, 0.6) is 5.75 Å². The Morgan fingerprint density at radius 3 is 2.35 bits per heavy atom. The van der Waals surface area contributed by atoms with Crippen molar-refractivity contribution in [3.8, 4) is 5.75 Å². The van der Waals surface area contributed by atoms with Crippen LogP contribution in [-0.2, 0) is 14.9 Å². The molecule has 136 valence electrons. The van der Waals surface area contributed by atoms with Crippen molar-refractivity contribution < 1.29 is 19.4 Å². The quantitative estimate of drug-likeness (QED) is 0.831. The number of rotatable bonds is 2. The zero-order valence-electron chi connectivity index (χ0n) is 15.8. The predicted octanol–water partition coefficient (Wildman–Crippen LogP) is 3.98. The Bertz CT molecular complexity index is 872. The van der Waals surface area contributed by atoms with Gasteiger partial charge in [0.05, 0.1) is 7.11 Å². The van der Waals surface area contributed by atoms with E-state index in [1.165, 1.54) is 13.2 Å². The first kappa shape index (κ1) is 18.2. The Balaban J connectivity index is 2.22. The number of aryl methyl sites for hydroxylation is 1. The fraction of sp³-hybridized carbons (Fsp3) is 0.318. The molecule has 0 radical (unpaired) electrons. The van der Waals surface area contributed by atoms with Gasteiger partial charge in [-0.05, 0) is 41.2 Å². The summed E-state index contributed by atoms with van der Waals surface area (Å²) in [5, 5.41) is 10.7. The zero-order chi connectivity index (χ0) is 19.1. The molecule has 1 N–H and O–H groups in total. The summed E-state index contributed by atoms with van der Waals surface area (Å²) in [7, 11) is 1.22. The van der Waals surface area contributed by atoms with Crippen LogP contribution in [0.15, 0.2) is 48.5 Å². The first-order valence-corrected chi connectivity index (χ1v) is 8.59. The molecule has 0 spiro atoms. The number of methoxy groups -OCH3 is 1. The number of aliphatic hydroxyl groups is 1. The summed E-state index contributed by atoms with van der Waals surface area (Å²) < 4.78 is 10.4. The molecular weight excluding hydrogens is 328 g/mol. The third-order valence-electron chi connectivity index (χ3n) is 4.58. The van der Waals surface area contributed by atoms with E-state index >= 15 is 0 Å². The topological polar surface area (TPSA) is 55.8 Å². The third-order valence-corrected chi connectivity index (χ3v) is 4.58. The van der Waals surface area contributed by atoms with Crippen molar-refractivity contribution in [1.29, 1.82) is 0 Å². The normalized spacial score (nSPS) is 19.2. The Labute approximate surface area is 154 Å². The molecule has 0 aliphatic carbocycles. The summed E-state index contributed by atoms with van der Waals surface area (Å²) in [5.41, 5.74) is 4.71. The molecule has 0 saturated carbocycles. The number of hydrogen-bond acceptors (Lipinski definition) is 4. The van der Waals surface area contributed by atoms with Gasteiger partial charge >= 0.3 is 11.8 Å². The Morgan fingerprint density at radius 2 is 1.77 bits per heavy atom. The lowest BCUT2D eigenvalue weighted by molar-refractivity contribution is -0.183. The monoisotopic (exact) mass is 352 g/mol. The van der Waals surface area contributed by atoms with Gasteiger partial charge in [-0.25, -0.2) is 4.79 Å². The largest absolute Gasteiger partial charge is 0.464 e. The van der Waals surface area contributed by atoms with Gasteiger partial charge in [0.2, 0.25) is 0 Å². The van der Waals surface area contributed by atoms with Crippen molar-refractivity contribution in [2.45, 2.75) is 38.9 Å². The molecule has 1 aliphatic rings. The molecule has 2 aromatic rings. The minimum atomic E-state index is -2.15. The Kier molecular flexibility index (Phi) is 4.41. The smallest absolute Gasteiger partial charge is 0.383 e. The van der Waals surface area contributed by atoms with Gasteiger partial charge in [-0.15, -0.1) is 0 Å². The van der Waals surface area contributed by atoms with Crippen LogP contribution in [0, 0.1) is 6.92 Å². The highest BCUT2D eigenvalue weighted by molar-refractivity contribution is 5.91. The highest BCUT2D eigenvalue weighted by atomic mass is 16.7. The van der Waals surface area contributed by atoms with Crippen LogP contribution in [0.2, 0.25) is 0 Å². The minimum absolute atomic E-state index is 0.0382. The van der Waals surface area contributed by atoms with E-state index in [4.69, 9.17) is 9.47 Å². The lowest BCUT2D eigenvalue weighted by Crippen LogP contribution is -2.45. The summed E-state index contributed by atoms with van der Waals surface area (Å²) in [5.74, 6) is -2.55. The molecule has 1 atom stereocenters. The van der Waals surface area contributed by atoms with E-state index in [9.17, 15) is 9.90 Å². The average Bonchev–Trinajstić information content (AvgIpc) is 2.59. The van der Waals surface area contributed by atoms with Crippen molar-refractivity contribution in [1.82, 2.24) is 0 Å². The van der Waals surface area contributed by atoms with Crippen LogP contribution in [0.3, 0.4) is 0 Å². The van der Waals surface area contributed by atoms with Crippen LogP contribution in [0.1, 0.15) is 43.0 Å². The van der Waals surface area contributed by atoms with E-state index in [0.29, 0.717) is 5.75 Å². The van der Waals surface area contributed by atoms with Crippen LogP contribution in [-0.4, -0.2) is 24.0 Å². The van der Waals surface area contributed by atoms with Gasteiger partial charge in [-0.2, -0.15) is 0 Å². The lowest BCUT2D eigenvalue weighted by Gasteiger charge is -2.31. The van der Waals surface area contributed by atoms with Crippen molar-refractivity contribution in [2.75, 3.05) is 7.11 Å². The number of carbonyl (C=O) groups excluding carboxylic acids is 1. The molecule has 4 nitrogen and oxygen atoms in total. The van der Waals surface area contributed by atoms with Crippen LogP contribution in [0.25, 0.3) is 5.57 Å². The number of hydrogen-bond donors (Lipinski definition) is 1. The van der Waals surface area contributed by atoms with E-state index in [-0.39, 0.29) is 5.41 Å². The molecule has 0 saturated heterocycles. The fourth-order valence-corrected chi connectivity index (χ4v) is 2.99. The average molecular weight is 352 g/mol. The van der Waals surface area contributed by atoms with Crippen LogP contribution >= 0.6 is 0 Å². The Morgan fingerprint density at radius 1 is 1.12 bits per heavy atom. The summed E-state index contributed by atoms with van der Waals surface area (Å²) >= 11 is 0. The SMILES string of the molecule is COC(=O)C1(O)C=C(c2ccc(C)cc2)c2cc(C(C)(C)C)ccc2O1. The van der Waals surface area contributed by atoms with E-state index < -0.39 is 11.8 Å². The van der Waals surface area contributed by atoms with Gasteiger partial charge in [0, 0.05) is 11.6 Å². The van der Waals surface area contributed by atoms with Crippen molar-refractivity contribution >= 4 is 11.5 Å². The summed E-state index contributed by atoms with van der Waals surface area (Å²) in [6, 6.07) is 13.7. The molecular formula is C22H24O4. The fourth-order valence-electron chi connectivity index (χ4n) is 2.99. The summed E-state index contributed by atoms with van der Waals surface area (Å²) in [6.45, 7) is 8.42. The molecule has 1 heterocycles. The first-order valence-electron chi connectivity index (χ1n) is 8.59. The summed E-state index contributed by atoms with van der Waals surface area (Å²) in [6.07, 6.45) is 1.43. The number of benzene rings is 2. The molecule has 1 unspecified atom stereocenters. The minimum Gasteiger partial charge on any atom is -0.464 e. The highest BCUT2D eigenvalue weighted by Gasteiger charge is 2.42. The maximum atomic E-state index is 12.1. The van der Waals surface area contributed by atoms with Gasteiger partial charge < -0.3 is 14.6 Å². The second-order valence-electron chi connectivity index (χ2n) is 7.68. The molecule has 2 aromatic carbocycles. The van der Waals surface area contributed by atoms with Gasteiger partial charge in [-0.1, -0.05) is 56.7 Å². The van der Waals surface area contributed by atoms with Crippen molar-refractivity contribution in [2.24, 2.45) is 0 Å². The second kappa shape index (κ2) is 6.29. The second-order valence-corrected chi connectivity index (χ2v) is 7.68. The molecule has 0 bridgehead atoms. The van der Waals surface area contributed by atoms with Gasteiger partial charge in [0.15, 0.2) is 0 Å². The van der Waals surface area contributed by atoms with E-state index in [1.54, 1.807) is 6.07 Å². The van der Waals surface area contributed by atoms with E-state index in [0.717, 1.165) is 27.8 Å². The molecule has 4 heteroatoms. The Hall–Kier alpha value is -2.59. The first-order chi connectivity index (χ1) is 12.1. The maximum Gasteiger partial charge on any atom is 0.383 e. The molecule has 0 fully saturated rings. The number of esters is 1. The molecule has 0 aromatic heterocycles. The molecule has 26 heavy (non-hydrogen) atoms. The zero-order valence-corrected chi connectivity index (χ0v) is 15.8. The standard InChI is InChI=1S/C22H24O4/c1-14-6-8-15(9-7-14)18-13-22(24,20(23)25-5)26-19-11-10-16(12-17(18)19)21(2,3)4/h6-13,24H,1-5H3. The lowest BCUT2D eigenvalue weighted by atomic mass is 9.83. The molecule has 1 aliphatic heterocycles. The van der Waals surface area contributed by atoms with E-state index in [1.807, 2.05) is 37.3 Å². The van der Waals surface area contributed by atoms with Gasteiger partial charge in [0.1, 0.15) is 5.75 Å². The molecule has 0 amide bonds. The summed E-state index contributed by atoms with van der Waals surface area (Å²) in [4.78, 5) is 12.1. The third kappa shape index (κ3) is 3.25.